The lowest BCUT2D eigenvalue weighted by molar-refractivity contribution is 0.301. The second-order valence-corrected chi connectivity index (χ2v) is 5.65. The van der Waals surface area contributed by atoms with Crippen molar-refractivity contribution in [3.8, 4) is 0 Å². The molecule has 1 aromatic rings. The van der Waals surface area contributed by atoms with Crippen LogP contribution in [0.25, 0.3) is 0 Å². The molecule has 0 saturated heterocycles. The minimum Gasteiger partial charge on any atom is -0.395 e. The zero-order valence-electron chi connectivity index (χ0n) is 12.8. The Labute approximate surface area is 123 Å². The molecule has 112 valence electrons. The third-order valence-corrected chi connectivity index (χ3v) is 4.00. The molecule has 2 rings (SSSR count). The van der Waals surface area contributed by atoms with Crippen LogP contribution in [0.2, 0.25) is 0 Å². The summed E-state index contributed by atoms with van der Waals surface area (Å²) in [6.07, 6.45) is 4.80. The molecule has 0 aliphatic heterocycles. The molecule has 3 heteroatoms. The van der Waals surface area contributed by atoms with Crippen LogP contribution in [-0.4, -0.2) is 30.8 Å². The molecular weight excluding hydrogens is 248 g/mol. The highest BCUT2D eigenvalue weighted by Gasteiger charge is 2.28. The highest BCUT2D eigenvalue weighted by atomic mass is 16.3. The van der Waals surface area contributed by atoms with Crippen molar-refractivity contribution in [2.75, 3.05) is 24.6 Å². The largest absolute Gasteiger partial charge is 0.395 e. The summed E-state index contributed by atoms with van der Waals surface area (Å²) in [7, 11) is 0. The second kappa shape index (κ2) is 7.65. The van der Waals surface area contributed by atoms with E-state index in [9.17, 15) is 5.11 Å². The molecule has 0 radical (unpaired) electrons. The van der Waals surface area contributed by atoms with E-state index >= 15 is 0 Å². The molecule has 20 heavy (non-hydrogen) atoms. The summed E-state index contributed by atoms with van der Waals surface area (Å²) in [6, 6.07) is 9.99. The number of benzene rings is 1. The molecule has 0 heterocycles. The van der Waals surface area contributed by atoms with Crippen LogP contribution in [0.15, 0.2) is 24.3 Å². The summed E-state index contributed by atoms with van der Waals surface area (Å²) in [4.78, 5) is 2.34. The van der Waals surface area contributed by atoms with E-state index in [0.29, 0.717) is 12.1 Å². The first-order valence-corrected chi connectivity index (χ1v) is 8.01. The SMILES string of the molecule is CCCNC(CC)c1ccc(N(CCO)C2CC2)cc1. The Morgan fingerprint density at radius 2 is 1.95 bits per heavy atom. The summed E-state index contributed by atoms with van der Waals surface area (Å²) in [5.41, 5.74) is 2.61. The van der Waals surface area contributed by atoms with Crippen LogP contribution >= 0.6 is 0 Å². The van der Waals surface area contributed by atoms with Gasteiger partial charge in [0.15, 0.2) is 0 Å². The van der Waals surface area contributed by atoms with E-state index in [1.54, 1.807) is 0 Å². The molecule has 1 aromatic carbocycles. The van der Waals surface area contributed by atoms with Crippen molar-refractivity contribution in [2.24, 2.45) is 0 Å². The second-order valence-electron chi connectivity index (χ2n) is 5.65. The van der Waals surface area contributed by atoms with Gasteiger partial charge in [0.25, 0.3) is 0 Å². The van der Waals surface area contributed by atoms with Crippen LogP contribution in [0, 0.1) is 0 Å². The Balaban J connectivity index is 2.03. The minimum atomic E-state index is 0.230. The fraction of sp³-hybridized carbons (Fsp3) is 0.647. The maximum atomic E-state index is 9.20. The number of hydrogen-bond donors (Lipinski definition) is 2. The van der Waals surface area contributed by atoms with Gasteiger partial charge in [0, 0.05) is 24.3 Å². The molecular formula is C17H28N2O. The summed E-state index contributed by atoms with van der Waals surface area (Å²) in [5.74, 6) is 0. The fourth-order valence-corrected chi connectivity index (χ4v) is 2.73. The van der Waals surface area contributed by atoms with Gasteiger partial charge in [-0.3, -0.25) is 0 Å². The monoisotopic (exact) mass is 276 g/mol. The number of nitrogens with one attached hydrogen (secondary N) is 1. The highest BCUT2D eigenvalue weighted by Crippen LogP contribution is 2.32. The van der Waals surface area contributed by atoms with Gasteiger partial charge in [-0.15, -0.1) is 0 Å². The Bertz CT molecular complexity index is 386. The molecule has 1 atom stereocenters. The summed E-state index contributed by atoms with van der Waals surface area (Å²) in [6.45, 7) is 6.47. The van der Waals surface area contributed by atoms with Crippen molar-refractivity contribution >= 4 is 5.69 Å². The third-order valence-electron chi connectivity index (χ3n) is 4.00. The number of aliphatic hydroxyl groups excluding tert-OH is 1. The van der Waals surface area contributed by atoms with Crippen LogP contribution in [0.1, 0.15) is 51.1 Å². The smallest absolute Gasteiger partial charge is 0.0606 e. The maximum Gasteiger partial charge on any atom is 0.0606 e. The molecule has 3 nitrogen and oxygen atoms in total. The maximum absolute atomic E-state index is 9.20. The van der Waals surface area contributed by atoms with E-state index in [2.05, 4.69) is 48.3 Å². The molecule has 1 fully saturated rings. The lowest BCUT2D eigenvalue weighted by Gasteiger charge is -2.25. The van der Waals surface area contributed by atoms with E-state index < -0.39 is 0 Å². The lowest BCUT2D eigenvalue weighted by atomic mass is 10.0. The molecule has 1 aliphatic carbocycles. The predicted molar refractivity (Wildman–Crippen MR) is 85.2 cm³/mol. The van der Waals surface area contributed by atoms with Gasteiger partial charge < -0.3 is 15.3 Å². The number of aliphatic hydroxyl groups is 1. The molecule has 2 N–H and O–H groups in total. The van der Waals surface area contributed by atoms with Gasteiger partial charge in [-0.25, -0.2) is 0 Å². The molecule has 1 aliphatic rings. The topological polar surface area (TPSA) is 35.5 Å². The average Bonchev–Trinajstić information content (AvgIpc) is 3.31. The zero-order chi connectivity index (χ0) is 14.4. The Morgan fingerprint density at radius 3 is 2.45 bits per heavy atom. The number of hydrogen-bond acceptors (Lipinski definition) is 3. The quantitative estimate of drug-likeness (QED) is 0.727. The molecule has 0 bridgehead atoms. The van der Waals surface area contributed by atoms with E-state index in [1.807, 2.05) is 0 Å². The third kappa shape index (κ3) is 3.97. The van der Waals surface area contributed by atoms with Gasteiger partial charge in [0.2, 0.25) is 0 Å². The fourth-order valence-electron chi connectivity index (χ4n) is 2.73. The van der Waals surface area contributed by atoms with Crippen molar-refractivity contribution in [3.63, 3.8) is 0 Å². The number of nitrogens with zero attached hydrogens (tertiary/aromatic N) is 1. The van der Waals surface area contributed by atoms with E-state index in [-0.39, 0.29) is 6.61 Å². The van der Waals surface area contributed by atoms with Crippen LogP contribution < -0.4 is 10.2 Å². The van der Waals surface area contributed by atoms with Crippen LogP contribution in [0.4, 0.5) is 5.69 Å². The highest BCUT2D eigenvalue weighted by molar-refractivity contribution is 5.50. The van der Waals surface area contributed by atoms with Crippen LogP contribution in [0.3, 0.4) is 0 Å². The first kappa shape index (κ1) is 15.3. The standard InChI is InChI=1S/C17H28N2O/c1-3-11-18-17(4-2)14-5-7-15(8-6-14)19(12-13-20)16-9-10-16/h5-8,16-18,20H,3-4,9-13H2,1-2H3. The summed E-state index contributed by atoms with van der Waals surface area (Å²) in [5, 5.41) is 12.8. The first-order valence-electron chi connectivity index (χ1n) is 8.01. The van der Waals surface area contributed by atoms with Gasteiger partial charge in [-0.2, -0.15) is 0 Å². The van der Waals surface area contributed by atoms with Crippen LogP contribution in [0.5, 0.6) is 0 Å². The lowest BCUT2D eigenvalue weighted by Crippen LogP contribution is -2.29. The van der Waals surface area contributed by atoms with E-state index in [0.717, 1.165) is 19.5 Å². The summed E-state index contributed by atoms with van der Waals surface area (Å²) < 4.78 is 0. The Hall–Kier alpha value is -1.06. The van der Waals surface area contributed by atoms with Crippen molar-refractivity contribution in [1.29, 1.82) is 0 Å². The van der Waals surface area contributed by atoms with Crippen molar-refractivity contribution in [3.05, 3.63) is 29.8 Å². The molecule has 1 saturated carbocycles. The van der Waals surface area contributed by atoms with Gasteiger partial charge >= 0.3 is 0 Å². The number of rotatable bonds is 9. The van der Waals surface area contributed by atoms with Gasteiger partial charge in [-0.1, -0.05) is 26.0 Å². The minimum absolute atomic E-state index is 0.230. The van der Waals surface area contributed by atoms with Crippen molar-refractivity contribution in [2.45, 2.75) is 51.6 Å². The molecule has 0 amide bonds. The Morgan fingerprint density at radius 1 is 1.25 bits per heavy atom. The average molecular weight is 276 g/mol. The normalized spacial score (nSPS) is 16.1. The van der Waals surface area contributed by atoms with Gasteiger partial charge in [0.05, 0.1) is 6.61 Å². The van der Waals surface area contributed by atoms with Crippen molar-refractivity contribution < 1.29 is 5.11 Å². The first-order chi connectivity index (χ1) is 9.80. The van der Waals surface area contributed by atoms with Crippen LogP contribution in [-0.2, 0) is 0 Å². The van der Waals surface area contributed by atoms with E-state index in [1.165, 1.54) is 30.5 Å². The zero-order valence-corrected chi connectivity index (χ0v) is 12.8. The Kier molecular flexibility index (Phi) is 5.86. The van der Waals surface area contributed by atoms with Crippen molar-refractivity contribution in [1.82, 2.24) is 5.32 Å². The van der Waals surface area contributed by atoms with Gasteiger partial charge in [-0.05, 0) is 49.9 Å². The predicted octanol–water partition coefficient (Wildman–Crippen LogP) is 3.10. The van der Waals surface area contributed by atoms with Gasteiger partial charge in [0.1, 0.15) is 0 Å². The summed E-state index contributed by atoms with van der Waals surface area (Å²) >= 11 is 0. The molecule has 0 spiro atoms. The van der Waals surface area contributed by atoms with E-state index in [4.69, 9.17) is 0 Å². The number of anilines is 1. The molecule has 1 unspecified atom stereocenters. The molecule has 0 aromatic heterocycles.